The van der Waals surface area contributed by atoms with E-state index in [4.69, 9.17) is 20.8 Å². The largest absolute Gasteiger partial charge is 0.484 e. The van der Waals surface area contributed by atoms with Gasteiger partial charge in [0.2, 0.25) is 0 Å². The summed E-state index contributed by atoms with van der Waals surface area (Å²) in [6.07, 6.45) is 0. The number of amides is 1. The number of nitrogens with one attached hydrogen (secondary N) is 1. The van der Waals surface area contributed by atoms with E-state index in [1.807, 2.05) is 19.9 Å². The summed E-state index contributed by atoms with van der Waals surface area (Å²) in [4.78, 5) is 23.5. The van der Waals surface area contributed by atoms with Crippen molar-refractivity contribution in [3.63, 3.8) is 0 Å². The fraction of sp³-hybridized carbons (Fsp3) is 0.158. The van der Waals surface area contributed by atoms with Crippen LogP contribution in [0.1, 0.15) is 11.1 Å². The number of carbonyl (C=O) groups is 1. The average Bonchev–Trinajstić information content (AvgIpc) is 2.56. The molecule has 0 bridgehead atoms. The van der Waals surface area contributed by atoms with Crippen molar-refractivity contribution in [1.82, 2.24) is 0 Å². The molecule has 0 saturated carbocycles. The van der Waals surface area contributed by atoms with Crippen LogP contribution in [0.25, 0.3) is 11.0 Å². The standard InChI is InChI=1S/C19H16ClNO4/c1-11-3-4-13(8-16(11)20)21-18(22)10-24-14-5-6-15-12(2)7-19(23)25-17(15)9-14/h3-9H,10H2,1-2H3,(H,21,22). The molecule has 0 atom stereocenters. The molecule has 0 aliphatic carbocycles. The van der Waals surface area contributed by atoms with Gasteiger partial charge in [0.05, 0.1) is 0 Å². The normalized spacial score (nSPS) is 10.7. The molecule has 0 aliphatic heterocycles. The third kappa shape index (κ3) is 4.00. The van der Waals surface area contributed by atoms with Crippen molar-refractivity contribution in [2.75, 3.05) is 11.9 Å². The van der Waals surface area contributed by atoms with Gasteiger partial charge in [-0.3, -0.25) is 4.79 Å². The van der Waals surface area contributed by atoms with E-state index in [0.29, 0.717) is 22.0 Å². The Kier molecular flexibility index (Phi) is 4.76. The van der Waals surface area contributed by atoms with Crippen LogP contribution in [0.3, 0.4) is 0 Å². The molecular formula is C19H16ClNO4. The summed E-state index contributed by atoms with van der Waals surface area (Å²) in [5.74, 6) is 0.129. The van der Waals surface area contributed by atoms with E-state index in [9.17, 15) is 9.59 Å². The number of carbonyl (C=O) groups excluding carboxylic acids is 1. The maximum absolute atomic E-state index is 12.0. The second kappa shape index (κ2) is 6.99. The Balaban J connectivity index is 1.68. The van der Waals surface area contributed by atoms with Crippen LogP contribution in [0.4, 0.5) is 5.69 Å². The first-order valence-electron chi connectivity index (χ1n) is 7.66. The van der Waals surface area contributed by atoms with Gasteiger partial charge in [0.25, 0.3) is 5.91 Å². The zero-order valence-electron chi connectivity index (χ0n) is 13.8. The predicted octanol–water partition coefficient (Wildman–Crippen LogP) is 4.08. The summed E-state index contributed by atoms with van der Waals surface area (Å²) in [7, 11) is 0. The van der Waals surface area contributed by atoms with Crippen molar-refractivity contribution in [2.45, 2.75) is 13.8 Å². The van der Waals surface area contributed by atoms with Crippen molar-refractivity contribution < 1.29 is 13.9 Å². The Labute approximate surface area is 149 Å². The number of hydrogen-bond donors (Lipinski definition) is 1. The molecule has 0 saturated heterocycles. The van der Waals surface area contributed by atoms with Gasteiger partial charge in [-0.25, -0.2) is 4.79 Å². The minimum absolute atomic E-state index is 0.174. The Morgan fingerprint density at radius 1 is 1.12 bits per heavy atom. The summed E-state index contributed by atoms with van der Waals surface area (Å²) in [6, 6.07) is 11.8. The SMILES string of the molecule is Cc1ccc(NC(=O)COc2ccc3c(C)cc(=O)oc3c2)cc1Cl. The van der Waals surface area contributed by atoms with E-state index in [1.165, 1.54) is 6.07 Å². The summed E-state index contributed by atoms with van der Waals surface area (Å²) >= 11 is 6.03. The Hall–Kier alpha value is -2.79. The zero-order valence-corrected chi connectivity index (χ0v) is 14.5. The Bertz CT molecular complexity index is 1010. The van der Waals surface area contributed by atoms with Crippen LogP contribution in [0.5, 0.6) is 5.75 Å². The van der Waals surface area contributed by atoms with Gasteiger partial charge in [0.15, 0.2) is 6.61 Å². The van der Waals surface area contributed by atoms with Gasteiger partial charge in [-0.2, -0.15) is 0 Å². The summed E-state index contributed by atoms with van der Waals surface area (Å²) in [6.45, 7) is 3.55. The van der Waals surface area contributed by atoms with Gasteiger partial charge in [0.1, 0.15) is 11.3 Å². The fourth-order valence-corrected chi connectivity index (χ4v) is 2.59. The highest BCUT2D eigenvalue weighted by atomic mass is 35.5. The molecule has 3 rings (SSSR count). The highest BCUT2D eigenvalue weighted by molar-refractivity contribution is 6.31. The van der Waals surface area contributed by atoms with Gasteiger partial charge >= 0.3 is 5.63 Å². The maximum atomic E-state index is 12.0. The molecule has 3 aromatic rings. The third-order valence-electron chi connectivity index (χ3n) is 3.75. The average molecular weight is 358 g/mol. The lowest BCUT2D eigenvalue weighted by molar-refractivity contribution is -0.118. The molecule has 6 heteroatoms. The molecule has 1 amide bonds. The molecular weight excluding hydrogens is 342 g/mol. The summed E-state index contributed by atoms with van der Waals surface area (Å²) in [5, 5.41) is 4.12. The van der Waals surface area contributed by atoms with E-state index < -0.39 is 5.63 Å². The molecule has 2 aromatic carbocycles. The first-order valence-corrected chi connectivity index (χ1v) is 8.03. The summed E-state index contributed by atoms with van der Waals surface area (Å²) < 4.78 is 10.6. The van der Waals surface area contributed by atoms with E-state index >= 15 is 0 Å². The van der Waals surface area contributed by atoms with Crippen LogP contribution < -0.4 is 15.7 Å². The monoisotopic (exact) mass is 357 g/mol. The van der Waals surface area contributed by atoms with Crippen LogP contribution in [0.2, 0.25) is 5.02 Å². The van der Waals surface area contributed by atoms with E-state index in [1.54, 1.807) is 30.3 Å². The highest BCUT2D eigenvalue weighted by Gasteiger charge is 2.08. The first-order chi connectivity index (χ1) is 11.9. The molecule has 25 heavy (non-hydrogen) atoms. The number of hydrogen-bond acceptors (Lipinski definition) is 4. The molecule has 0 spiro atoms. The van der Waals surface area contributed by atoms with Gasteiger partial charge in [0, 0.05) is 28.2 Å². The van der Waals surface area contributed by atoms with Crippen molar-refractivity contribution in [2.24, 2.45) is 0 Å². The molecule has 1 N–H and O–H groups in total. The zero-order chi connectivity index (χ0) is 18.0. The molecule has 1 heterocycles. The van der Waals surface area contributed by atoms with Crippen molar-refractivity contribution in [3.05, 3.63) is 69.0 Å². The van der Waals surface area contributed by atoms with Crippen LogP contribution in [-0.4, -0.2) is 12.5 Å². The van der Waals surface area contributed by atoms with Crippen molar-refractivity contribution in [1.29, 1.82) is 0 Å². The number of ether oxygens (including phenoxy) is 1. The lowest BCUT2D eigenvalue weighted by Crippen LogP contribution is -2.20. The predicted molar refractivity (Wildman–Crippen MR) is 97.5 cm³/mol. The van der Waals surface area contributed by atoms with E-state index in [2.05, 4.69) is 5.32 Å². The molecule has 0 radical (unpaired) electrons. The first kappa shape index (κ1) is 17.0. The molecule has 0 fully saturated rings. The minimum Gasteiger partial charge on any atom is -0.484 e. The van der Waals surface area contributed by atoms with Crippen LogP contribution in [0, 0.1) is 13.8 Å². The number of aryl methyl sites for hydroxylation is 2. The smallest absolute Gasteiger partial charge is 0.336 e. The fourth-order valence-electron chi connectivity index (χ4n) is 2.41. The van der Waals surface area contributed by atoms with E-state index in [-0.39, 0.29) is 12.5 Å². The lowest BCUT2D eigenvalue weighted by atomic mass is 10.1. The van der Waals surface area contributed by atoms with E-state index in [0.717, 1.165) is 16.5 Å². The Morgan fingerprint density at radius 2 is 1.92 bits per heavy atom. The Morgan fingerprint density at radius 3 is 2.68 bits per heavy atom. The number of fused-ring (bicyclic) bond motifs is 1. The van der Waals surface area contributed by atoms with Gasteiger partial charge in [-0.05, 0) is 49.2 Å². The minimum atomic E-state index is -0.420. The molecule has 0 unspecified atom stereocenters. The molecule has 128 valence electrons. The number of benzene rings is 2. The lowest BCUT2D eigenvalue weighted by Gasteiger charge is -2.09. The third-order valence-corrected chi connectivity index (χ3v) is 4.16. The summed E-state index contributed by atoms with van der Waals surface area (Å²) in [5.41, 5.74) is 2.37. The second-order valence-corrected chi connectivity index (χ2v) is 6.11. The van der Waals surface area contributed by atoms with Crippen LogP contribution in [-0.2, 0) is 4.79 Å². The molecule has 1 aromatic heterocycles. The molecule has 5 nitrogen and oxygen atoms in total. The quantitative estimate of drug-likeness (QED) is 0.714. The topological polar surface area (TPSA) is 68.5 Å². The second-order valence-electron chi connectivity index (χ2n) is 5.71. The van der Waals surface area contributed by atoms with Crippen molar-refractivity contribution in [3.8, 4) is 5.75 Å². The van der Waals surface area contributed by atoms with Crippen LogP contribution >= 0.6 is 11.6 Å². The van der Waals surface area contributed by atoms with Crippen molar-refractivity contribution >= 4 is 34.2 Å². The van der Waals surface area contributed by atoms with Gasteiger partial charge in [-0.1, -0.05) is 17.7 Å². The number of rotatable bonds is 4. The maximum Gasteiger partial charge on any atom is 0.336 e. The number of halogens is 1. The molecule has 0 aliphatic rings. The highest BCUT2D eigenvalue weighted by Crippen LogP contribution is 2.22. The number of anilines is 1. The van der Waals surface area contributed by atoms with Gasteiger partial charge < -0.3 is 14.5 Å². The van der Waals surface area contributed by atoms with Gasteiger partial charge in [-0.15, -0.1) is 0 Å². The van der Waals surface area contributed by atoms with Crippen LogP contribution in [0.15, 0.2) is 51.7 Å².